The van der Waals surface area contributed by atoms with Crippen LogP contribution in [0.25, 0.3) is 0 Å². The molecule has 3 rings (SSSR count). The molecule has 0 amide bonds. The summed E-state index contributed by atoms with van der Waals surface area (Å²) in [4.78, 5) is 2.21. The first-order chi connectivity index (χ1) is 12.0. The Morgan fingerprint density at radius 1 is 1.44 bits per heavy atom. The summed E-state index contributed by atoms with van der Waals surface area (Å²) in [6.45, 7) is 8.01. The van der Waals surface area contributed by atoms with Crippen molar-refractivity contribution < 1.29 is 13.3 Å². The highest BCUT2D eigenvalue weighted by molar-refractivity contribution is 5.21. The molecule has 0 aliphatic carbocycles. The van der Waals surface area contributed by atoms with Gasteiger partial charge in [0.05, 0.1) is 12.0 Å². The molecule has 3 atom stereocenters. The SMILES string of the molecule is Cc1noc(C)c1CN1C[C@@H](F)C[C@H]1CNC(C)CCc1ccco1. The number of rotatable bonds is 8. The van der Waals surface area contributed by atoms with Crippen molar-refractivity contribution in [3.05, 3.63) is 41.2 Å². The van der Waals surface area contributed by atoms with Crippen molar-refractivity contribution in [1.29, 1.82) is 0 Å². The van der Waals surface area contributed by atoms with Crippen LogP contribution in [0.5, 0.6) is 0 Å². The average Bonchev–Trinajstić information content (AvgIpc) is 3.29. The topological polar surface area (TPSA) is 54.4 Å². The zero-order valence-corrected chi connectivity index (χ0v) is 15.3. The Morgan fingerprint density at radius 3 is 2.96 bits per heavy atom. The molecule has 0 radical (unpaired) electrons. The second-order valence-corrected chi connectivity index (χ2v) is 7.15. The molecule has 138 valence electrons. The lowest BCUT2D eigenvalue weighted by atomic mass is 10.1. The maximum absolute atomic E-state index is 14.0. The molecule has 0 aromatic carbocycles. The lowest BCUT2D eigenvalue weighted by Crippen LogP contribution is -2.40. The number of aromatic nitrogens is 1. The summed E-state index contributed by atoms with van der Waals surface area (Å²) in [6.07, 6.45) is 3.45. The molecule has 0 saturated carbocycles. The molecule has 0 spiro atoms. The number of hydrogen-bond acceptors (Lipinski definition) is 5. The van der Waals surface area contributed by atoms with Crippen LogP contribution in [-0.4, -0.2) is 41.4 Å². The third-order valence-corrected chi connectivity index (χ3v) is 5.13. The van der Waals surface area contributed by atoms with E-state index in [4.69, 9.17) is 8.94 Å². The van der Waals surface area contributed by atoms with Crippen LogP contribution < -0.4 is 5.32 Å². The smallest absolute Gasteiger partial charge is 0.138 e. The van der Waals surface area contributed by atoms with Crippen molar-refractivity contribution in [3.8, 4) is 0 Å². The van der Waals surface area contributed by atoms with Crippen molar-refractivity contribution in [3.63, 3.8) is 0 Å². The number of alkyl halides is 1. The van der Waals surface area contributed by atoms with Gasteiger partial charge in [0.15, 0.2) is 0 Å². The summed E-state index contributed by atoms with van der Waals surface area (Å²) >= 11 is 0. The summed E-state index contributed by atoms with van der Waals surface area (Å²) in [5.74, 6) is 1.84. The number of nitrogens with zero attached hydrogens (tertiary/aromatic N) is 2. The fourth-order valence-corrected chi connectivity index (χ4v) is 3.51. The van der Waals surface area contributed by atoms with Gasteiger partial charge in [0.2, 0.25) is 0 Å². The molecule has 1 N–H and O–H groups in total. The van der Waals surface area contributed by atoms with Crippen LogP contribution >= 0.6 is 0 Å². The van der Waals surface area contributed by atoms with Crippen LogP contribution in [0.1, 0.15) is 42.5 Å². The molecule has 1 unspecified atom stereocenters. The average molecular weight is 349 g/mol. The summed E-state index contributed by atoms with van der Waals surface area (Å²) in [7, 11) is 0. The monoisotopic (exact) mass is 349 g/mol. The number of hydrogen-bond donors (Lipinski definition) is 1. The van der Waals surface area contributed by atoms with E-state index in [2.05, 4.69) is 22.3 Å². The highest BCUT2D eigenvalue weighted by atomic mass is 19.1. The minimum absolute atomic E-state index is 0.203. The van der Waals surface area contributed by atoms with E-state index in [1.807, 2.05) is 26.0 Å². The van der Waals surface area contributed by atoms with Gasteiger partial charge in [-0.15, -0.1) is 0 Å². The van der Waals surface area contributed by atoms with Crippen molar-refractivity contribution >= 4 is 0 Å². The second-order valence-electron chi connectivity index (χ2n) is 7.15. The highest BCUT2D eigenvalue weighted by Gasteiger charge is 2.33. The maximum Gasteiger partial charge on any atom is 0.138 e. The zero-order valence-electron chi connectivity index (χ0n) is 15.3. The predicted molar refractivity (Wildman–Crippen MR) is 94.2 cm³/mol. The third-order valence-electron chi connectivity index (χ3n) is 5.13. The summed E-state index contributed by atoms with van der Waals surface area (Å²) < 4.78 is 24.6. The molecule has 0 bridgehead atoms. The number of furan rings is 1. The van der Waals surface area contributed by atoms with Crippen LogP contribution in [-0.2, 0) is 13.0 Å². The Balaban J connectivity index is 1.49. The molecule has 1 fully saturated rings. The Morgan fingerprint density at radius 2 is 2.28 bits per heavy atom. The number of aryl methyl sites for hydroxylation is 3. The summed E-state index contributed by atoms with van der Waals surface area (Å²) in [5.41, 5.74) is 1.99. The molecule has 2 aromatic heterocycles. The standard InChI is InChI=1S/C19H28FN3O2/c1-13(6-7-18-5-4-8-24-18)21-10-17-9-16(20)11-23(17)12-19-14(2)22-25-15(19)3/h4-5,8,13,16-17,21H,6-7,9-12H2,1-3H3/t13?,16-,17-/m0/s1. The van der Waals surface area contributed by atoms with Gasteiger partial charge in [0.1, 0.15) is 17.7 Å². The van der Waals surface area contributed by atoms with Crippen LogP contribution in [0.4, 0.5) is 4.39 Å². The second kappa shape index (κ2) is 8.15. The molecule has 25 heavy (non-hydrogen) atoms. The molecule has 1 aliphatic rings. The van der Waals surface area contributed by atoms with Crippen LogP contribution in [0.15, 0.2) is 27.3 Å². The number of halogens is 1. The van der Waals surface area contributed by atoms with Crippen LogP contribution in [0.3, 0.4) is 0 Å². The Kier molecular flexibility index (Phi) is 5.91. The first-order valence-corrected chi connectivity index (χ1v) is 9.08. The molecule has 3 heterocycles. The fourth-order valence-electron chi connectivity index (χ4n) is 3.51. The first kappa shape index (κ1) is 18.1. The predicted octanol–water partition coefficient (Wildman–Crippen LogP) is 3.41. The number of nitrogens with one attached hydrogen (secondary N) is 1. The molecular weight excluding hydrogens is 321 g/mol. The van der Waals surface area contributed by atoms with Crippen molar-refractivity contribution in [2.24, 2.45) is 0 Å². The van der Waals surface area contributed by atoms with Crippen molar-refractivity contribution in [2.45, 2.75) is 64.8 Å². The summed E-state index contributed by atoms with van der Waals surface area (Å²) in [5, 5.41) is 7.56. The Bertz CT molecular complexity index is 636. The normalized spacial score (nSPS) is 22.6. The van der Waals surface area contributed by atoms with Crippen LogP contribution in [0, 0.1) is 13.8 Å². The van der Waals surface area contributed by atoms with Gasteiger partial charge in [0, 0.05) is 43.7 Å². The van der Waals surface area contributed by atoms with Gasteiger partial charge in [0.25, 0.3) is 0 Å². The quantitative estimate of drug-likeness (QED) is 0.791. The van der Waals surface area contributed by atoms with Crippen molar-refractivity contribution in [2.75, 3.05) is 13.1 Å². The molecule has 1 aliphatic heterocycles. The molecule has 1 saturated heterocycles. The molecular formula is C19H28FN3O2. The van der Waals surface area contributed by atoms with Crippen LogP contribution in [0.2, 0.25) is 0 Å². The molecule has 2 aromatic rings. The lowest BCUT2D eigenvalue weighted by molar-refractivity contribution is 0.224. The molecule has 5 nitrogen and oxygen atoms in total. The van der Waals surface area contributed by atoms with E-state index in [-0.39, 0.29) is 6.04 Å². The van der Waals surface area contributed by atoms with Gasteiger partial charge in [-0.05, 0) is 45.7 Å². The fraction of sp³-hybridized carbons (Fsp3) is 0.632. The Labute approximate surface area is 148 Å². The maximum atomic E-state index is 14.0. The van der Waals surface area contributed by atoms with E-state index in [1.165, 1.54) is 0 Å². The largest absolute Gasteiger partial charge is 0.469 e. The third kappa shape index (κ3) is 4.70. The summed E-state index contributed by atoms with van der Waals surface area (Å²) in [6, 6.07) is 4.49. The Hall–Kier alpha value is -1.66. The van der Waals surface area contributed by atoms with E-state index in [9.17, 15) is 4.39 Å². The van der Waals surface area contributed by atoms with Gasteiger partial charge in [-0.25, -0.2) is 4.39 Å². The minimum Gasteiger partial charge on any atom is -0.469 e. The highest BCUT2D eigenvalue weighted by Crippen LogP contribution is 2.25. The van der Waals surface area contributed by atoms with Gasteiger partial charge < -0.3 is 14.3 Å². The van der Waals surface area contributed by atoms with E-state index < -0.39 is 6.17 Å². The first-order valence-electron chi connectivity index (χ1n) is 9.08. The van der Waals surface area contributed by atoms with E-state index in [1.54, 1.807) is 6.26 Å². The van der Waals surface area contributed by atoms with E-state index in [0.717, 1.165) is 42.2 Å². The van der Waals surface area contributed by atoms with E-state index >= 15 is 0 Å². The van der Waals surface area contributed by atoms with Gasteiger partial charge in [-0.2, -0.15) is 0 Å². The lowest BCUT2D eigenvalue weighted by Gasteiger charge is -2.25. The zero-order chi connectivity index (χ0) is 17.8. The van der Waals surface area contributed by atoms with E-state index in [0.29, 0.717) is 25.6 Å². The number of likely N-dealkylation sites (tertiary alicyclic amines) is 1. The minimum atomic E-state index is -0.759. The van der Waals surface area contributed by atoms with Crippen molar-refractivity contribution in [1.82, 2.24) is 15.4 Å². The van der Waals surface area contributed by atoms with Gasteiger partial charge in [-0.3, -0.25) is 4.90 Å². The van der Waals surface area contributed by atoms with Gasteiger partial charge in [-0.1, -0.05) is 5.16 Å². The molecule has 6 heteroatoms. The van der Waals surface area contributed by atoms with Gasteiger partial charge >= 0.3 is 0 Å².